The number of aryl methyl sites for hydroxylation is 1. The minimum atomic E-state index is -1.21. The van der Waals surface area contributed by atoms with E-state index in [1.54, 1.807) is 24.1 Å². The number of rotatable bonds is 6. The zero-order valence-electron chi connectivity index (χ0n) is 20.6. The number of aromatic nitrogens is 1. The number of anilines is 2. The standard InChI is InChI=1S/C27H34FN3O3/c1-5-18(3)24(32)22-8-7-21(15-19(22)6-2)31-13-14-34-23-16-20(17-29-25(23)31)26(33)30-11-9-27(4,28)10-12-30/h7-8,15-18H,5-6,9-14H2,1-4H3. The molecule has 1 aromatic heterocycles. The second-order valence-electron chi connectivity index (χ2n) is 9.62. The van der Waals surface area contributed by atoms with Crippen LogP contribution >= 0.6 is 0 Å². The number of nitrogens with zero attached hydrogens (tertiary/aromatic N) is 3. The number of piperidine rings is 1. The van der Waals surface area contributed by atoms with Gasteiger partial charge in [-0.15, -0.1) is 0 Å². The number of amides is 1. The third-order valence-corrected chi connectivity index (χ3v) is 7.11. The van der Waals surface area contributed by atoms with Crippen molar-refractivity contribution < 1.29 is 18.7 Å². The Morgan fingerprint density at radius 2 is 1.91 bits per heavy atom. The Kier molecular flexibility index (Phi) is 6.91. The third kappa shape index (κ3) is 4.79. The van der Waals surface area contributed by atoms with Crippen molar-refractivity contribution in [1.29, 1.82) is 0 Å². The van der Waals surface area contributed by atoms with Crippen molar-refractivity contribution in [3.05, 3.63) is 47.2 Å². The van der Waals surface area contributed by atoms with Gasteiger partial charge in [-0.05, 0) is 62.4 Å². The molecule has 34 heavy (non-hydrogen) atoms. The zero-order valence-corrected chi connectivity index (χ0v) is 20.6. The SMILES string of the molecule is CCc1cc(N2CCOc3cc(C(=O)N4CCC(C)(F)CC4)cnc32)ccc1C(=O)C(C)CC. The van der Waals surface area contributed by atoms with Gasteiger partial charge in [0.2, 0.25) is 0 Å². The summed E-state index contributed by atoms with van der Waals surface area (Å²) in [7, 11) is 0. The van der Waals surface area contributed by atoms with Gasteiger partial charge in [0.05, 0.1) is 12.1 Å². The summed E-state index contributed by atoms with van der Waals surface area (Å²) in [6.07, 6.45) is 3.84. The number of pyridine rings is 1. The maximum atomic E-state index is 14.1. The summed E-state index contributed by atoms with van der Waals surface area (Å²) in [4.78, 5) is 34.1. The molecule has 1 fully saturated rings. The highest BCUT2D eigenvalue weighted by Gasteiger charge is 2.32. The summed E-state index contributed by atoms with van der Waals surface area (Å²) in [5.74, 6) is 1.24. The zero-order chi connectivity index (χ0) is 24.5. The van der Waals surface area contributed by atoms with Crippen LogP contribution in [0.5, 0.6) is 5.75 Å². The molecule has 182 valence electrons. The summed E-state index contributed by atoms with van der Waals surface area (Å²) >= 11 is 0. The molecule has 3 heterocycles. The quantitative estimate of drug-likeness (QED) is 0.535. The molecule has 1 saturated heterocycles. The number of fused-ring (bicyclic) bond motifs is 1. The number of halogens is 1. The van der Waals surface area contributed by atoms with E-state index in [1.807, 2.05) is 26.0 Å². The Balaban J connectivity index is 1.58. The van der Waals surface area contributed by atoms with Gasteiger partial charge in [0.15, 0.2) is 17.4 Å². The highest BCUT2D eigenvalue weighted by atomic mass is 19.1. The first-order valence-electron chi connectivity index (χ1n) is 12.3. The molecule has 2 aliphatic heterocycles. The molecule has 2 aromatic rings. The Labute approximate surface area is 201 Å². The molecule has 1 aromatic carbocycles. The van der Waals surface area contributed by atoms with Crippen molar-refractivity contribution in [2.75, 3.05) is 31.1 Å². The van der Waals surface area contributed by atoms with Crippen LogP contribution in [0.4, 0.5) is 15.9 Å². The molecule has 6 nitrogen and oxygen atoms in total. The molecule has 0 spiro atoms. The van der Waals surface area contributed by atoms with Crippen LogP contribution < -0.4 is 9.64 Å². The Bertz CT molecular complexity index is 1070. The Morgan fingerprint density at radius 1 is 1.18 bits per heavy atom. The number of alkyl halides is 1. The Morgan fingerprint density at radius 3 is 2.59 bits per heavy atom. The van der Waals surface area contributed by atoms with Crippen LogP contribution in [0.15, 0.2) is 30.5 Å². The fraction of sp³-hybridized carbons (Fsp3) is 0.519. The van der Waals surface area contributed by atoms with Crippen molar-refractivity contribution in [3.63, 3.8) is 0 Å². The number of likely N-dealkylation sites (tertiary alicyclic amines) is 1. The monoisotopic (exact) mass is 467 g/mol. The lowest BCUT2D eigenvalue weighted by atomic mass is 9.92. The van der Waals surface area contributed by atoms with E-state index < -0.39 is 5.67 Å². The normalized spacial score (nSPS) is 18.1. The van der Waals surface area contributed by atoms with E-state index in [0.717, 1.165) is 29.7 Å². The number of ether oxygens (including phenoxy) is 1. The minimum absolute atomic E-state index is 0.00330. The van der Waals surface area contributed by atoms with Crippen LogP contribution in [0.1, 0.15) is 73.2 Å². The molecular formula is C27H34FN3O3. The molecule has 4 rings (SSSR count). The number of Topliss-reactive ketones (excluding diaryl/α,β-unsaturated/α-hetero) is 1. The van der Waals surface area contributed by atoms with Gasteiger partial charge in [-0.1, -0.05) is 20.8 Å². The largest absolute Gasteiger partial charge is 0.488 e. The van der Waals surface area contributed by atoms with Gasteiger partial charge < -0.3 is 14.5 Å². The predicted molar refractivity (Wildman–Crippen MR) is 131 cm³/mol. The molecule has 1 unspecified atom stereocenters. The molecule has 0 aliphatic carbocycles. The van der Waals surface area contributed by atoms with Crippen LogP contribution in [0, 0.1) is 5.92 Å². The first-order valence-corrected chi connectivity index (χ1v) is 12.3. The molecule has 0 saturated carbocycles. The lowest BCUT2D eigenvalue weighted by molar-refractivity contribution is 0.0503. The van der Waals surface area contributed by atoms with Crippen LogP contribution in [-0.2, 0) is 6.42 Å². The molecule has 7 heteroatoms. The topological polar surface area (TPSA) is 62.7 Å². The van der Waals surface area contributed by atoms with E-state index in [2.05, 4.69) is 22.9 Å². The second-order valence-corrected chi connectivity index (χ2v) is 9.62. The first kappa shape index (κ1) is 24.2. The average Bonchev–Trinajstić information content (AvgIpc) is 2.86. The average molecular weight is 468 g/mol. The first-order chi connectivity index (χ1) is 16.2. The van der Waals surface area contributed by atoms with Gasteiger partial charge in [0, 0.05) is 36.5 Å². The lowest BCUT2D eigenvalue weighted by Crippen LogP contribution is -2.43. The van der Waals surface area contributed by atoms with Gasteiger partial charge in [-0.2, -0.15) is 0 Å². The number of carbonyl (C=O) groups is 2. The van der Waals surface area contributed by atoms with Crippen molar-refractivity contribution in [3.8, 4) is 5.75 Å². The summed E-state index contributed by atoms with van der Waals surface area (Å²) in [5.41, 5.74) is 2.00. The molecule has 1 atom stereocenters. The summed E-state index contributed by atoms with van der Waals surface area (Å²) in [6, 6.07) is 7.69. The van der Waals surface area contributed by atoms with E-state index in [0.29, 0.717) is 56.2 Å². The molecule has 0 bridgehead atoms. The smallest absolute Gasteiger partial charge is 0.255 e. The highest BCUT2D eigenvalue weighted by molar-refractivity contribution is 5.99. The van der Waals surface area contributed by atoms with Crippen LogP contribution in [0.2, 0.25) is 0 Å². The number of hydrogen-bond acceptors (Lipinski definition) is 5. The summed E-state index contributed by atoms with van der Waals surface area (Å²) in [6.45, 7) is 9.53. The number of ketones is 1. The van der Waals surface area contributed by atoms with Gasteiger partial charge in [-0.3, -0.25) is 9.59 Å². The van der Waals surface area contributed by atoms with E-state index in [-0.39, 0.29) is 17.6 Å². The molecule has 0 N–H and O–H groups in total. The van der Waals surface area contributed by atoms with Crippen molar-refractivity contribution in [1.82, 2.24) is 9.88 Å². The summed E-state index contributed by atoms with van der Waals surface area (Å²) < 4.78 is 20.0. The van der Waals surface area contributed by atoms with Gasteiger partial charge in [0.25, 0.3) is 5.91 Å². The molecular weight excluding hydrogens is 433 g/mol. The predicted octanol–water partition coefficient (Wildman–Crippen LogP) is 5.37. The molecule has 1 amide bonds. The van der Waals surface area contributed by atoms with Gasteiger partial charge >= 0.3 is 0 Å². The molecule has 0 radical (unpaired) electrons. The maximum Gasteiger partial charge on any atom is 0.255 e. The fourth-order valence-corrected chi connectivity index (χ4v) is 4.56. The lowest BCUT2D eigenvalue weighted by Gasteiger charge is -2.34. The van der Waals surface area contributed by atoms with Crippen LogP contribution in [0.3, 0.4) is 0 Å². The Hall–Kier alpha value is -2.96. The van der Waals surface area contributed by atoms with Gasteiger partial charge in [-0.25, -0.2) is 9.37 Å². The third-order valence-electron chi connectivity index (χ3n) is 7.11. The number of benzene rings is 1. The maximum absolute atomic E-state index is 14.1. The van der Waals surface area contributed by atoms with Crippen molar-refractivity contribution >= 4 is 23.2 Å². The van der Waals surface area contributed by atoms with Crippen LogP contribution in [-0.4, -0.2) is 53.5 Å². The van der Waals surface area contributed by atoms with E-state index in [9.17, 15) is 14.0 Å². The van der Waals surface area contributed by atoms with E-state index in [4.69, 9.17) is 4.74 Å². The van der Waals surface area contributed by atoms with Gasteiger partial charge in [0.1, 0.15) is 12.3 Å². The minimum Gasteiger partial charge on any atom is -0.488 e. The fourth-order valence-electron chi connectivity index (χ4n) is 4.56. The van der Waals surface area contributed by atoms with E-state index >= 15 is 0 Å². The number of hydrogen-bond donors (Lipinski definition) is 0. The van der Waals surface area contributed by atoms with Crippen LogP contribution in [0.25, 0.3) is 0 Å². The van der Waals surface area contributed by atoms with Crippen molar-refractivity contribution in [2.45, 2.75) is 59.0 Å². The second kappa shape index (κ2) is 9.72. The van der Waals surface area contributed by atoms with E-state index in [1.165, 1.54) is 0 Å². The van der Waals surface area contributed by atoms with Crippen molar-refractivity contribution in [2.24, 2.45) is 5.92 Å². The number of carbonyl (C=O) groups excluding carboxylic acids is 2. The molecule has 2 aliphatic rings. The summed E-state index contributed by atoms with van der Waals surface area (Å²) in [5, 5.41) is 0. The highest BCUT2D eigenvalue weighted by Crippen LogP contribution is 2.37.